The molecule has 3 heterocycles. The minimum Gasteiger partial charge on any atom is -0.381 e. The van der Waals surface area contributed by atoms with Crippen LogP contribution in [0.3, 0.4) is 0 Å². The van der Waals surface area contributed by atoms with Crippen LogP contribution in [-0.4, -0.2) is 60.4 Å². The van der Waals surface area contributed by atoms with Crippen LogP contribution in [-0.2, 0) is 17.6 Å². The number of hydrogen-bond donors (Lipinski definition) is 1. The zero-order chi connectivity index (χ0) is 16.8. The number of aliphatic imine (C=N–C) groups is 1. The fraction of sp³-hybridized carbons (Fsp3) is 0.824. The van der Waals surface area contributed by atoms with Gasteiger partial charge in [-0.3, -0.25) is 4.99 Å². The van der Waals surface area contributed by atoms with E-state index in [1.807, 2.05) is 6.92 Å². The summed E-state index contributed by atoms with van der Waals surface area (Å²) in [5.74, 6) is 2.45. The van der Waals surface area contributed by atoms with E-state index in [9.17, 15) is 0 Å². The number of rotatable bonds is 5. The van der Waals surface area contributed by atoms with Crippen LogP contribution in [0.25, 0.3) is 0 Å². The third-order valence-electron chi connectivity index (χ3n) is 5.04. The van der Waals surface area contributed by atoms with E-state index in [-0.39, 0.29) is 0 Å². The number of aryl methyl sites for hydroxylation is 1. The van der Waals surface area contributed by atoms with E-state index < -0.39 is 0 Å². The predicted molar refractivity (Wildman–Crippen MR) is 92.0 cm³/mol. The van der Waals surface area contributed by atoms with Crippen molar-refractivity contribution in [1.29, 1.82) is 0 Å². The molecule has 3 rings (SSSR count). The van der Waals surface area contributed by atoms with E-state index in [0.717, 1.165) is 51.1 Å². The molecule has 0 saturated carbocycles. The van der Waals surface area contributed by atoms with Gasteiger partial charge in [-0.05, 0) is 31.6 Å². The van der Waals surface area contributed by atoms with Crippen LogP contribution in [0.15, 0.2) is 9.52 Å². The number of likely N-dealkylation sites (tertiary alicyclic amines) is 1. The summed E-state index contributed by atoms with van der Waals surface area (Å²) >= 11 is 0. The fourth-order valence-electron chi connectivity index (χ4n) is 3.55. The Morgan fingerprint density at radius 1 is 1.29 bits per heavy atom. The van der Waals surface area contributed by atoms with Gasteiger partial charge in [0.15, 0.2) is 11.8 Å². The van der Waals surface area contributed by atoms with Gasteiger partial charge in [-0.2, -0.15) is 4.98 Å². The second-order valence-electron chi connectivity index (χ2n) is 6.73. The number of hydrogen-bond acceptors (Lipinski definition) is 5. The summed E-state index contributed by atoms with van der Waals surface area (Å²) in [6, 6.07) is 0. The van der Waals surface area contributed by atoms with Crippen molar-refractivity contribution in [3.63, 3.8) is 0 Å². The van der Waals surface area contributed by atoms with Crippen molar-refractivity contribution in [3.05, 3.63) is 11.7 Å². The molecule has 0 aliphatic carbocycles. The lowest BCUT2D eigenvalue weighted by molar-refractivity contribution is 0.0217. The molecule has 1 aromatic heterocycles. The van der Waals surface area contributed by atoms with Crippen molar-refractivity contribution in [3.8, 4) is 0 Å². The van der Waals surface area contributed by atoms with Gasteiger partial charge in [0.05, 0.1) is 0 Å². The Balaban J connectivity index is 1.57. The van der Waals surface area contributed by atoms with Crippen LogP contribution in [0.4, 0.5) is 0 Å². The van der Waals surface area contributed by atoms with Crippen LogP contribution < -0.4 is 5.32 Å². The zero-order valence-corrected chi connectivity index (χ0v) is 14.9. The monoisotopic (exact) mass is 335 g/mol. The molecule has 0 radical (unpaired) electrons. The summed E-state index contributed by atoms with van der Waals surface area (Å²) in [5.41, 5.74) is 0.429. The molecule has 2 aliphatic heterocycles. The minimum atomic E-state index is 0.429. The Bertz CT molecular complexity index is 551. The van der Waals surface area contributed by atoms with Gasteiger partial charge in [-0.1, -0.05) is 12.1 Å². The molecule has 7 nitrogen and oxygen atoms in total. The topological polar surface area (TPSA) is 75.8 Å². The standard InChI is InChI=1S/C17H29N5O2/c1-3-15-20-14(21-24-15)5-9-19-16(18-4-2)22-10-6-17(13-22)7-11-23-12-8-17/h3-13H2,1-2H3,(H,18,19). The predicted octanol–water partition coefficient (Wildman–Crippen LogP) is 1.64. The Kier molecular flexibility index (Phi) is 5.71. The van der Waals surface area contributed by atoms with E-state index in [1.54, 1.807) is 0 Å². The molecular weight excluding hydrogens is 306 g/mol. The normalized spacial score (nSPS) is 20.8. The average molecular weight is 335 g/mol. The van der Waals surface area contributed by atoms with E-state index >= 15 is 0 Å². The van der Waals surface area contributed by atoms with E-state index in [2.05, 4.69) is 27.3 Å². The molecule has 7 heteroatoms. The molecule has 134 valence electrons. The molecule has 24 heavy (non-hydrogen) atoms. The second-order valence-corrected chi connectivity index (χ2v) is 6.73. The molecule has 0 unspecified atom stereocenters. The summed E-state index contributed by atoms with van der Waals surface area (Å²) in [4.78, 5) is 11.5. The number of nitrogens with zero attached hydrogens (tertiary/aromatic N) is 4. The number of ether oxygens (including phenoxy) is 1. The highest BCUT2D eigenvalue weighted by Gasteiger charge is 2.40. The molecule has 1 N–H and O–H groups in total. The highest BCUT2D eigenvalue weighted by molar-refractivity contribution is 5.80. The van der Waals surface area contributed by atoms with E-state index in [4.69, 9.17) is 14.3 Å². The lowest BCUT2D eigenvalue weighted by Gasteiger charge is -2.33. The number of nitrogens with one attached hydrogen (secondary N) is 1. The van der Waals surface area contributed by atoms with Gasteiger partial charge in [0.2, 0.25) is 5.89 Å². The lowest BCUT2D eigenvalue weighted by Crippen LogP contribution is -2.42. The van der Waals surface area contributed by atoms with Crippen LogP contribution >= 0.6 is 0 Å². The zero-order valence-electron chi connectivity index (χ0n) is 14.9. The van der Waals surface area contributed by atoms with Crippen LogP contribution in [0, 0.1) is 5.41 Å². The molecule has 1 spiro atoms. The van der Waals surface area contributed by atoms with Crippen molar-refractivity contribution >= 4 is 5.96 Å². The Labute approximate surface area is 143 Å². The molecular formula is C17H29N5O2. The first kappa shape index (κ1) is 17.2. The van der Waals surface area contributed by atoms with Gasteiger partial charge in [0.25, 0.3) is 0 Å². The first-order valence-electron chi connectivity index (χ1n) is 9.17. The third kappa shape index (κ3) is 4.06. The molecule has 2 saturated heterocycles. The maximum Gasteiger partial charge on any atom is 0.226 e. The smallest absolute Gasteiger partial charge is 0.226 e. The van der Waals surface area contributed by atoms with Crippen LogP contribution in [0.2, 0.25) is 0 Å². The SMILES string of the molecule is CCNC(=NCCc1noc(CC)n1)N1CCC2(CCOCC2)C1. The maximum absolute atomic E-state index is 5.54. The Morgan fingerprint density at radius 2 is 2.12 bits per heavy atom. The van der Waals surface area contributed by atoms with Crippen molar-refractivity contribution in [2.24, 2.45) is 10.4 Å². The van der Waals surface area contributed by atoms with Gasteiger partial charge in [0, 0.05) is 52.2 Å². The maximum atomic E-state index is 5.54. The highest BCUT2D eigenvalue weighted by atomic mass is 16.5. The van der Waals surface area contributed by atoms with Gasteiger partial charge >= 0.3 is 0 Å². The van der Waals surface area contributed by atoms with Gasteiger partial charge in [-0.25, -0.2) is 0 Å². The molecule has 2 aliphatic rings. The first-order valence-corrected chi connectivity index (χ1v) is 9.17. The quantitative estimate of drug-likeness (QED) is 0.651. The Hall–Kier alpha value is -1.63. The summed E-state index contributed by atoms with van der Waals surface area (Å²) in [5, 5.41) is 7.42. The summed E-state index contributed by atoms with van der Waals surface area (Å²) in [6.07, 6.45) is 5.08. The molecule has 0 aromatic carbocycles. The fourth-order valence-corrected chi connectivity index (χ4v) is 3.55. The second kappa shape index (κ2) is 7.96. The van der Waals surface area contributed by atoms with E-state index in [1.165, 1.54) is 19.3 Å². The molecule has 0 atom stereocenters. The average Bonchev–Trinajstić information content (AvgIpc) is 3.22. The highest BCUT2D eigenvalue weighted by Crippen LogP contribution is 2.39. The molecule has 0 amide bonds. The molecule has 2 fully saturated rings. The largest absolute Gasteiger partial charge is 0.381 e. The van der Waals surface area contributed by atoms with Crippen molar-refractivity contribution in [1.82, 2.24) is 20.4 Å². The van der Waals surface area contributed by atoms with Gasteiger partial charge in [-0.15, -0.1) is 0 Å². The number of guanidine groups is 1. The lowest BCUT2D eigenvalue weighted by atomic mass is 9.80. The third-order valence-corrected chi connectivity index (χ3v) is 5.04. The Morgan fingerprint density at radius 3 is 2.83 bits per heavy atom. The van der Waals surface area contributed by atoms with Crippen LogP contribution in [0.1, 0.15) is 44.8 Å². The van der Waals surface area contributed by atoms with Gasteiger partial charge < -0.3 is 19.5 Å². The summed E-state index contributed by atoms with van der Waals surface area (Å²) in [6.45, 7) is 9.66. The number of aromatic nitrogens is 2. The van der Waals surface area contributed by atoms with Crippen molar-refractivity contribution < 1.29 is 9.26 Å². The van der Waals surface area contributed by atoms with Crippen molar-refractivity contribution in [2.45, 2.75) is 46.0 Å². The first-order chi connectivity index (χ1) is 11.7. The van der Waals surface area contributed by atoms with Crippen molar-refractivity contribution in [2.75, 3.05) is 39.4 Å². The van der Waals surface area contributed by atoms with E-state index in [0.29, 0.717) is 24.3 Å². The molecule has 1 aromatic rings. The summed E-state index contributed by atoms with van der Waals surface area (Å²) < 4.78 is 10.7. The van der Waals surface area contributed by atoms with Gasteiger partial charge in [0.1, 0.15) is 0 Å². The summed E-state index contributed by atoms with van der Waals surface area (Å²) in [7, 11) is 0. The minimum absolute atomic E-state index is 0.429. The van der Waals surface area contributed by atoms with Crippen LogP contribution in [0.5, 0.6) is 0 Å². The molecule has 0 bridgehead atoms.